The van der Waals surface area contributed by atoms with Crippen LogP contribution in [0.2, 0.25) is 0 Å². The van der Waals surface area contributed by atoms with Crippen molar-refractivity contribution in [3.05, 3.63) is 29.8 Å². The predicted molar refractivity (Wildman–Crippen MR) is 77.8 cm³/mol. The summed E-state index contributed by atoms with van der Waals surface area (Å²) in [5.41, 5.74) is 0.179. The monoisotopic (exact) mass is 333 g/mol. The minimum absolute atomic E-state index is 0.0661. The summed E-state index contributed by atoms with van der Waals surface area (Å²) in [6.45, 7) is 1.61. The fourth-order valence-electron chi connectivity index (χ4n) is 2.20. The molecule has 1 saturated heterocycles. The Morgan fingerprint density at radius 1 is 1.18 bits per heavy atom. The average Bonchev–Trinajstić information content (AvgIpc) is 2.42. The van der Waals surface area contributed by atoms with Gasteiger partial charge in [0.1, 0.15) is 0 Å². The first-order valence-electron chi connectivity index (χ1n) is 6.68. The first-order valence-corrected chi connectivity index (χ1v) is 8.53. The summed E-state index contributed by atoms with van der Waals surface area (Å²) in [6, 6.07) is 3.13. The Morgan fingerprint density at radius 2 is 1.82 bits per heavy atom. The van der Waals surface area contributed by atoms with E-state index in [1.807, 2.05) is 0 Å². The molecule has 1 aliphatic rings. The molecule has 1 heterocycles. The van der Waals surface area contributed by atoms with Crippen LogP contribution < -0.4 is 5.32 Å². The molecular weight excluding hydrogens is 316 g/mol. The largest absolute Gasteiger partial charge is 0.325 e. The van der Waals surface area contributed by atoms with E-state index in [4.69, 9.17) is 0 Å². The molecule has 1 fully saturated rings. The minimum atomic E-state index is -3.21. The van der Waals surface area contributed by atoms with Gasteiger partial charge >= 0.3 is 0 Å². The zero-order valence-electron chi connectivity index (χ0n) is 12.1. The lowest BCUT2D eigenvalue weighted by Crippen LogP contribution is -2.50. The van der Waals surface area contributed by atoms with Crippen LogP contribution in [-0.4, -0.2) is 62.5 Å². The van der Waals surface area contributed by atoms with Gasteiger partial charge in [0, 0.05) is 37.9 Å². The Morgan fingerprint density at radius 3 is 2.36 bits per heavy atom. The second-order valence-corrected chi connectivity index (χ2v) is 7.10. The molecule has 0 spiro atoms. The number of hydrogen-bond acceptors (Lipinski definition) is 4. The molecule has 0 aromatic heterocycles. The van der Waals surface area contributed by atoms with Gasteiger partial charge in [-0.25, -0.2) is 17.2 Å². The van der Waals surface area contributed by atoms with E-state index >= 15 is 0 Å². The van der Waals surface area contributed by atoms with E-state index in [2.05, 4.69) is 5.32 Å². The molecule has 1 amide bonds. The number of hydrogen-bond donors (Lipinski definition) is 1. The summed E-state index contributed by atoms with van der Waals surface area (Å²) in [7, 11) is -3.21. The van der Waals surface area contributed by atoms with Crippen LogP contribution in [0.15, 0.2) is 18.2 Å². The maximum absolute atomic E-state index is 13.0. The topological polar surface area (TPSA) is 69.7 Å². The van der Waals surface area contributed by atoms with E-state index < -0.39 is 21.7 Å². The molecule has 0 unspecified atom stereocenters. The Hall–Kier alpha value is -1.58. The molecule has 1 aromatic carbocycles. The number of sulfonamides is 1. The van der Waals surface area contributed by atoms with E-state index in [0.29, 0.717) is 26.2 Å². The van der Waals surface area contributed by atoms with Crippen LogP contribution in [0.25, 0.3) is 0 Å². The first kappa shape index (κ1) is 16.8. The summed E-state index contributed by atoms with van der Waals surface area (Å²) >= 11 is 0. The molecule has 122 valence electrons. The summed E-state index contributed by atoms with van der Waals surface area (Å²) in [6.07, 6.45) is 1.15. The summed E-state index contributed by atoms with van der Waals surface area (Å²) in [4.78, 5) is 13.7. The van der Waals surface area contributed by atoms with Crippen molar-refractivity contribution in [1.82, 2.24) is 9.21 Å². The summed E-state index contributed by atoms with van der Waals surface area (Å²) < 4.78 is 49.9. The quantitative estimate of drug-likeness (QED) is 0.870. The van der Waals surface area contributed by atoms with Gasteiger partial charge in [-0.3, -0.25) is 9.69 Å². The van der Waals surface area contributed by atoms with Gasteiger partial charge in [0.05, 0.1) is 12.8 Å². The predicted octanol–water partition coefficient (Wildman–Crippen LogP) is 0.480. The number of rotatable bonds is 4. The normalized spacial score (nSPS) is 17.4. The van der Waals surface area contributed by atoms with Gasteiger partial charge in [-0.15, -0.1) is 0 Å². The lowest BCUT2D eigenvalue weighted by Gasteiger charge is -2.32. The third kappa shape index (κ3) is 4.46. The summed E-state index contributed by atoms with van der Waals surface area (Å²) in [5.74, 6) is -2.37. The standard InChI is InChI=1S/C13H17F2N3O3S/c1-22(20,21)18-6-4-17(5-7-18)9-13(19)16-10-2-3-11(14)12(15)8-10/h2-3,8H,4-7,9H2,1H3,(H,16,19). The smallest absolute Gasteiger partial charge is 0.238 e. The molecule has 9 heteroatoms. The molecule has 0 radical (unpaired) electrons. The lowest BCUT2D eigenvalue weighted by molar-refractivity contribution is -0.117. The van der Waals surface area contributed by atoms with Crippen LogP contribution in [-0.2, 0) is 14.8 Å². The SMILES string of the molecule is CS(=O)(=O)N1CCN(CC(=O)Nc2ccc(F)c(F)c2)CC1. The number of halogens is 2. The van der Waals surface area contributed by atoms with Crippen molar-refractivity contribution < 1.29 is 22.0 Å². The van der Waals surface area contributed by atoms with Crippen molar-refractivity contribution in [2.75, 3.05) is 44.3 Å². The zero-order valence-corrected chi connectivity index (χ0v) is 12.9. The van der Waals surface area contributed by atoms with Crippen LogP contribution in [0.4, 0.5) is 14.5 Å². The van der Waals surface area contributed by atoms with Gasteiger partial charge in [-0.1, -0.05) is 0 Å². The summed E-state index contributed by atoms with van der Waals surface area (Å²) in [5, 5.41) is 2.48. The Bertz CT molecular complexity index is 658. The van der Waals surface area contributed by atoms with Gasteiger partial charge in [-0.2, -0.15) is 4.31 Å². The fourth-order valence-corrected chi connectivity index (χ4v) is 3.02. The highest BCUT2D eigenvalue weighted by Crippen LogP contribution is 2.13. The van der Waals surface area contributed by atoms with Crippen LogP contribution in [0.3, 0.4) is 0 Å². The van der Waals surface area contributed by atoms with Crippen molar-refractivity contribution in [3.8, 4) is 0 Å². The molecule has 0 saturated carbocycles. The molecule has 1 aliphatic heterocycles. The minimum Gasteiger partial charge on any atom is -0.325 e. The highest BCUT2D eigenvalue weighted by atomic mass is 32.2. The number of carbonyl (C=O) groups excluding carboxylic acids is 1. The number of amides is 1. The van der Waals surface area contributed by atoms with Crippen LogP contribution >= 0.6 is 0 Å². The van der Waals surface area contributed by atoms with E-state index in [0.717, 1.165) is 18.4 Å². The maximum atomic E-state index is 13.0. The molecule has 2 rings (SSSR count). The van der Waals surface area contributed by atoms with Crippen LogP contribution in [0.1, 0.15) is 0 Å². The van der Waals surface area contributed by atoms with Gasteiger partial charge in [0.2, 0.25) is 15.9 Å². The van der Waals surface area contributed by atoms with Crippen molar-refractivity contribution in [2.24, 2.45) is 0 Å². The molecule has 0 bridgehead atoms. The Kier molecular flexibility index (Phi) is 5.09. The molecule has 1 aromatic rings. The maximum Gasteiger partial charge on any atom is 0.238 e. The molecular formula is C13H17F2N3O3S. The lowest BCUT2D eigenvalue weighted by atomic mass is 10.3. The average molecular weight is 333 g/mol. The van der Waals surface area contributed by atoms with E-state index in [1.54, 1.807) is 4.90 Å². The van der Waals surface area contributed by atoms with Crippen molar-refractivity contribution in [1.29, 1.82) is 0 Å². The number of benzene rings is 1. The number of piperazine rings is 1. The number of carbonyl (C=O) groups is 1. The highest BCUT2D eigenvalue weighted by molar-refractivity contribution is 7.88. The second-order valence-electron chi connectivity index (χ2n) is 5.12. The van der Waals surface area contributed by atoms with Gasteiger partial charge in [0.25, 0.3) is 0 Å². The molecule has 22 heavy (non-hydrogen) atoms. The van der Waals surface area contributed by atoms with E-state index in [1.165, 1.54) is 10.4 Å². The van der Waals surface area contributed by atoms with Crippen molar-refractivity contribution in [2.45, 2.75) is 0 Å². The Labute approximate surface area is 127 Å². The second kappa shape index (κ2) is 6.67. The third-order valence-corrected chi connectivity index (χ3v) is 4.67. The zero-order chi connectivity index (χ0) is 16.3. The van der Waals surface area contributed by atoms with Gasteiger partial charge in [0.15, 0.2) is 11.6 Å². The number of anilines is 1. The van der Waals surface area contributed by atoms with E-state index in [9.17, 15) is 22.0 Å². The van der Waals surface area contributed by atoms with Crippen molar-refractivity contribution in [3.63, 3.8) is 0 Å². The fraction of sp³-hybridized carbons (Fsp3) is 0.462. The highest BCUT2D eigenvalue weighted by Gasteiger charge is 2.24. The van der Waals surface area contributed by atoms with Crippen LogP contribution in [0, 0.1) is 11.6 Å². The number of nitrogens with one attached hydrogen (secondary N) is 1. The molecule has 0 atom stereocenters. The first-order chi connectivity index (χ1) is 10.3. The Balaban J connectivity index is 1.84. The molecule has 0 aliphatic carbocycles. The van der Waals surface area contributed by atoms with Gasteiger partial charge < -0.3 is 5.32 Å². The number of nitrogens with zero attached hydrogens (tertiary/aromatic N) is 2. The van der Waals surface area contributed by atoms with Gasteiger partial charge in [-0.05, 0) is 12.1 Å². The molecule has 1 N–H and O–H groups in total. The molecule has 6 nitrogen and oxygen atoms in total. The third-order valence-electron chi connectivity index (χ3n) is 3.37. The van der Waals surface area contributed by atoms with Crippen LogP contribution in [0.5, 0.6) is 0 Å². The van der Waals surface area contributed by atoms with E-state index in [-0.39, 0.29) is 18.1 Å². The van der Waals surface area contributed by atoms with Crippen molar-refractivity contribution >= 4 is 21.6 Å².